The maximum atomic E-state index is 11.8. The Morgan fingerprint density at radius 3 is 2.75 bits per heavy atom. The van der Waals surface area contributed by atoms with E-state index in [9.17, 15) is 9.59 Å². The van der Waals surface area contributed by atoms with Gasteiger partial charge in [0.05, 0.1) is 0 Å². The van der Waals surface area contributed by atoms with Crippen molar-refractivity contribution in [3.63, 3.8) is 0 Å². The first-order valence-electron chi connectivity index (χ1n) is 4.50. The smallest absolute Gasteiger partial charge is 0.323 e. The van der Waals surface area contributed by atoms with Crippen LogP contribution in [0.4, 0.5) is 0 Å². The number of carboxylic acids is 1. The normalized spacial score (nSPS) is 9.81. The molecule has 86 valence electrons. The molecule has 0 aliphatic rings. The van der Waals surface area contributed by atoms with Crippen LogP contribution in [-0.4, -0.2) is 40.0 Å². The van der Waals surface area contributed by atoms with Crippen LogP contribution in [0.15, 0.2) is 29.4 Å². The van der Waals surface area contributed by atoms with Crippen LogP contribution in [0.25, 0.3) is 0 Å². The standard InChI is InChI=1S/C10H11BrN2O3/c1-2-3-13(6-9(14)15)10(16)8-4-7(11)5-12-8/h2,4-5,12H,1,3,6H2,(H,14,15). The zero-order valence-electron chi connectivity index (χ0n) is 8.44. The minimum Gasteiger partial charge on any atom is -0.480 e. The molecule has 5 nitrogen and oxygen atoms in total. The third kappa shape index (κ3) is 3.23. The highest BCUT2D eigenvalue weighted by atomic mass is 79.9. The Balaban J connectivity index is 2.81. The lowest BCUT2D eigenvalue weighted by molar-refractivity contribution is -0.137. The number of nitrogens with zero attached hydrogens (tertiary/aromatic N) is 1. The number of H-pyrrole nitrogens is 1. The summed E-state index contributed by atoms with van der Waals surface area (Å²) in [5.74, 6) is -1.42. The Morgan fingerprint density at radius 1 is 1.62 bits per heavy atom. The van der Waals surface area contributed by atoms with Crippen molar-refractivity contribution >= 4 is 27.8 Å². The molecule has 0 radical (unpaired) electrons. The molecule has 0 saturated heterocycles. The molecule has 0 bridgehead atoms. The van der Waals surface area contributed by atoms with Crippen LogP contribution < -0.4 is 0 Å². The van der Waals surface area contributed by atoms with E-state index in [4.69, 9.17) is 5.11 Å². The number of carboxylic acid groups (broad SMARTS) is 1. The van der Waals surface area contributed by atoms with Gasteiger partial charge in [0.25, 0.3) is 5.91 Å². The SMILES string of the molecule is C=CCN(CC(=O)O)C(=O)c1cc(Br)c[nH]1. The topological polar surface area (TPSA) is 73.4 Å². The van der Waals surface area contributed by atoms with E-state index in [2.05, 4.69) is 27.5 Å². The van der Waals surface area contributed by atoms with Crippen molar-refractivity contribution in [3.8, 4) is 0 Å². The number of aliphatic carboxylic acids is 1. The molecule has 2 N–H and O–H groups in total. The van der Waals surface area contributed by atoms with Gasteiger partial charge in [-0.1, -0.05) is 6.08 Å². The molecular weight excluding hydrogens is 276 g/mol. The van der Waals surface area contributed by atoms with Gasteiger partial charge in [-0.15, -0.1) is 6.58 Å². The number of amides is 1. The van der Waals surface area contributed by atoms with Crippen LogP contribution in [-0.2, 0) is 4.79 Å². The Kier molecular flexibility index (Phi) is 4.30. The second kappa shape index (κ2) is 5.50. The zero-order valence-corrected chi connectivity index (χ0v) is 10.0. The van der Waals surface area contributed by atoms with E-state index in [1.165, 1.54) is 11.0 Å². The summed E-state index contributed by atoms with van der Waals surface area (Å²) in [6, 6.07) is 1.60. The molecule has 1 aromatic rings. The lowest BCUT2D eigenvalue weighted by Crippen LogP contribution is -2.35. The lowest BCUT2D eigenvalue weighted by Gasteiger charge is -2.17. The van der Waals surface area contributed by atoms with Crippen molar-refractivity contribution in [1.29, 1.82) is 0 Å². The van der Waals surface area contributed by atoms with Gasteiger partial charge in [-0.05, 0) is 22.0 Å². The average Bonchev–Trinajstić information content (AvgIpc) is 2.62. The van der Waals surface area contributed by atoms with E-state index in [-0.39, 0.29) is 19.0 Å². The predicted molar refractivity (Wildman–Crippen MR) is 62.2 cm³/mol. The third-order valence-electron chi connectivity index (χ3n) is 1.84. The number of hydrogen-bond acceptors (Lipinski definition) is 2. The molecule has 1 heterocycles. The van der Waals surface area contributed by atoms with Crippen LogP contribution in [0.2, 0.25) is 0 Å². The molecule has 1 amide bonds. The number of rotatable bonds is 5. The first-order valence-corrected chi connectivity index (χ1v) is 5.29. The molecule has 0 atom stereocenters. The summed E-state index contributed by atoms with van der Waals surface area (Å²) >= 11 is 3.20. The summed E-state index contributed by atoms with van der Waals surface area (Å²) in [7, 11) is 0. The summed E-state index contributed by atoms with van der Waals surface area (Å²) in [6.07, 6.45) is 3.10. The maximum absolute atomic E-state index is 11.8. The second-order valence-corrected chi connectivity index (χ2v) is 4.02. The molecule has 16 heavy (non-hydrogen) atoms. The number of carbonyl (C=O) groups is 2. The van der Waals surface area contributed by atoms with Gasteiger partial charge in [-0.3, -0.25) is 9.59 Å². The average molecular weight is 287 g/mol. The first-order chi connectivity index (χ1) is 7.54. The predicted octanol–water partition coefficient (Wildman–Crippen LogP) is 1.49. The minimum atomic E-state index is -1.05. The van der Waals surface area contributed by atoms with Crippen LogP contribution in [0.1, 0.15) is 10.5 Å². The number of hydrogen-bond donors (Lipinski definition) is 2. The summed E-state index contributed by atoms with van der Waals surface area (Å²) < 4.78 is 0.740. The van der Waals surface area contributed by atoms with Gasteiger partial charge in [0.15, 0.2) is 0 Å². The van der Waals surface area contributed by atoms with Crippen LogP contribution in [0.5, 0.6) is 0 Å². The van der Waals surface area contributed by atoms with Gasteiger partial charge < -0.3 is 15.0 Å². The first kappa shape index (κ1) is 12.5. The highest BCUT2D eigenvalue weighted by Gasteiger charge is 2.18. The van der Waals surface area contributed by atoms with Crippen LogP contribution >= 0.6 is 15.9 Å². The number of nitrogens with one attached hydrogen (secondary N) is 1. The van der Waals surface area contributed by atoms with Crippen molar-refractivity contribution in [3.05, 3.63) is 35.1 Å². The number of aromatic amines is 1. The molecule has 0 fully saturated rings. The quantitative estimate of drug-likeness (QED) is 0.806. The van der Waals surface area contributed by atoms with E-state index in [0.29, 0.717) is 5.69 Å². The van der Waals surface area contributed by atoms with Crippen molar-refractivity contribution in [2.75, 3.05) is 13.1 Å². The van der Waals surface area contributed by atoms with E-state index in [1.54, 1.807) is 12.3 Å². The maximum Gasteiger partial charge on any atom is 0.323 e. The van der Waals surface area contributed by atoms with Crippen molar-refractivity contribution in [2.24, 2.45) is 0 Å². The van der Waals surface area contributed by atoms with E-state index >= 15 is 0 Å². The molecule has 1 aromatic heterocycles. The number of halogens is 1. The Hall–Kier alpha value is -1.56. The lowest BCUT2D eigenvalue weighted by atomic mass is 10.3. The van der Waals surface area contributed by atoms with Crippen LogP contribution in [0, 0.1) is 0 Å². The molecule has 0 aromatic carbocycles. The molecule has 0 unspecified atom stereocenters. The van der Waals surface area contributed by atoms with Gasteiger partial charge in [0.1, 0.15) is 12.2 Å². The Bertz CT molecular complexity index is 414. The van der Waals surface area contributed by atoms with Gasteiger partial charge >= 0.3 is 5.97 Å². The van der Waals surface area contributed by atoms with Crippen molar-refractivity contribution in [2.45, 2.75) is 0 Å². The third-order valence-corrected chi connectivity index (χ3v) is 2.30. The van der Waals surface area contributed by atoms with E-state index in [1.807, 2.05) is 0 Å². The van der Waals surface area contributed by atoms with Gasteiger partial charge in [-0.25, -0.2) is 0 Å². The minimum absolute atomic E-state index is 0.196. The highest BCUT2D eigenvalue weighted by molar-refractivity contribution is 9.10. The molecule has 0 spiro atoms. The Morgan fingerprint density at radius 2 is 2.31 bits per heavy atom. The van der Waals surface area contributed by atoms with E-state index in [0.717, 1.165) is 4.47 Å². The molecule has 0 aliphatic heterocycles. The van der Waals surface area contributed by atoms with Gasteiger partial charge in [0, 0.05) is 17.2 Å². The zero-order chi connectivity index (χ0) is 12.1. The molecule has 1 rings (SSSR count). The number of aromatic nitrogens is 1. The van der Waals surface area contributed by atoms with Gasteiger partial charge in [0.2, 0.25) is 0 Å². The largest absolute Gasteiger partial charge is 0.480 e. The molecule has 0 aliphatic carbocycles. The molecule has 6 heteroatoms. The fourth-order valence-corrected chi connectivity index (χ4v) is 1.54. The summed E-state index contributed by atoms with van der Waals surface area (Å²) in [5.41, 5.74) is 0.343. The molecule has 0 saturated carbocycles. The number of carbonyl (C=O) groups excluding carboxylic acids is 1. The van der Waals surface area contributed by atoms with Crippen molar-refractivity contribution in [1.82, 2.24) is 9.88 Å². The monoisotopic (exact) mass is 286 g/mol. The second-order valence-electron chi connectivity index (χ2n) is 3.10. The summed E-state index contributed by atoms with van der Waals surface area (Å²) in [5, 5.41) is 8.66. The van der Waals surface area contributed by atoms with Crippen LogP contribution in [0.3, 0.4) is 0 Å². The van der Waals surface area contributed by atoms with Crippen molar-refractivity contribution < 1.29 is 14.7 Å². The summed E-state index contributed by atoms with van der Waals surface area (Å²) in [6.45, 7) is 3.33. The fraction of sp³-hybridized carbons (Fsp3) is 0.200. The van der Waals surface area contributed by atoms with Gasteiger partial charge in [-0.2, -0.15) is 0 Å². The fourth-order valence-electron chi connectivity index (χ4n) is 1.20. The summed E-state index contributed by atoms with van der Waals surface area (Å²) in [4.78, 5) is 26.4. The van der Waals surface area contributed by atoms with E-state index < -0.39 is 5.97 Å². The molecular formula is C10H11BrN2O3. The highest BCUT2D eigenvalue weighted by Crippen LogP contribution is 2.12. The Labute approximate surface area is 101 Å².